The van der Waals surface area contributed by atoms with Gasteiger partial charge in [0.2, 0.25) is 5.91 Å². The number of benzene rings is 2. The van der Waals surface area contributed by atoms with Gasteiger partial charge in [0.15, 0.2) is 0 Å². The summed E-state index contributed by atoms with van der Waals surface area (Å²) >= 11 is 0. The lowest BCUT2D eigenvalue weighted by Crippen LogP contribution is -2.27. The fraction of sp³-hybridized carbons (Fsp3) is 0.350. The third-order valence-electron chi connectivity index (χ3n) is 4.19. The second-order valence-electron chi connectivity index (χ2n) is 6.03. The maximum Gasteiger partial charge on any atom is 0.220 e. The van der Waals surface area contributed by atoms with Crippen LogP contribution in [-0.4, -0.2) is 12.5 Å². The van der Waals surface area contributed by atoms with Crippen LogP contribution in [0.1, 0.15) is 41.5 Å². The van der Waals surface area contributed by atoms with Crippen molar-refractivity contribution in [1.29, 1.82) is 0 Å². The molecule has 0 aliphatic heterocycles. The van der Waals surface area contributed by atoms with Crippen molar-refractivity contribution >= 4 is 5.91 Å². The molecule has 2 rings (SSSR count). The topological polar surface area (TPSA) is 29.1 Å². The Morgan fingerprint density at radius 2 is 1.77 bits per heavy atom. The zero-order chi connectivity index (χ0) is 15.9. The Balaban J connectivity index is 1.77. The molecule has 1 amide bonds. The average molecular weight is 295 g/mol. The zero-order valence-corrected chi connectivity index (χ0v) is 13.7. The first-order valence-electron chi connectivity index (χ1n) is 7.94. The summed E-state index contributed by atoms with van der Waals surface area (Å²) in [5, 5.41) is 3.04. The summed E-state index contributed by atoms with van der Waals surface area (Å²) in [5.74, 6) is 0.466. The Hall–Kier alpha value is -2.09. The first-order valence-corrected chi connectivity index (χ1v) is 7.94. The molecule has 0 bridgehead atoms. The Bertz CT molecular complexity index is 619. The number of hydrogen-bond donors (Lipinski definition) is 1. The van der Waals surface area contributed by atoms with Crippen molar-refractivity contribution in [2.24, 2.45) is 0 Å². The minimum absolute atomic E-state index is 0.126. The zero-order valence-electron chi connectivity index (χ0n) is 13.7. The second-order valence-corrected chi connectivity index (χ2v) is 6.03. The molecule has 22 heavy (non-hydrogen) atoms. The number of aryl methyl sites for hydroxylation is 3. The largest absolute Gasteiger partial charge is 0.355 e. The van der Waals surface area contributed by atoms with Gasteiger partial charge in [0.05, 0.1) is 0 Å². The Kier molecular flexibility index (Phi) is 5.76. The van der Waals surface area contributed by atoms with Crippen molar-refractivity contribution in [3.63, 3.8) is 0 Å². The van der Waals surface area contributed by atoms with E-state index >= 15 is 0 Å². The lowest BCUT2D eigenvalue weighted by atomic mass is 10.0. The number of nitrogens with one attached hydrogen (secondary N) is 1. The fourth-order valence-corrected chi connectivity index (χ4v) is 2.47. The molecular weight excluding hydrogens is 270 g/mol. The maximum atomic E-state index is 12.0. The van der Waals surface area contributed by atoms with Gasteiger partial charge in [0.1, 0.15) is 0 Å². The van der Waals surface area contributed by atoms with Crippen LogP contribution in [0.5, 0.6) is 0 Å². The van der Waals surface area contributed by atoms with Crippen LogP contribution in [0.15, 0.2) is 48.5 Å². The highest BCUT2D eigenvalue weighted by Gasteiger charge is 2.08. The van der Waals surface area contributed by atoms with Crippen LogP contribution < -0.4 is 5.32 Å². The molecule has 0 unspecified atom stereocenters. The van der Waals surface area contributed by atoms with Crippen LogP contribution in [0.3, 0.4) is 0 Å². The maximum absolute atomic E-state index is 12.0. The standard InChI is InChI=1S/C20H25NO/c1-15-9-10-18(13-16(15)2)11-12-20(22)21-14-17(3)19-7-5-4-6-8-19/h4-10,13,17H,11-12,14H2,1-3H3,(H,21,22)/t17-/m0/s1. The van der Waals surface area contributed by atoms with Crippen LogP contribution in [0.2, 0.25) is 0 Å². The van der Waals surface area contributed by atoms with Crippen molar-refractivity contribution < 1.29 is 4.79 Å². The number of amides is 1. The summed E-state index contributed by atoms with van der Waals surface area (Å²) in [4.78, 5) is 12.0. The van der Waals surface area contributed by atoms with E-state index in [4.69, 9.17) is 0 Å². The molecule has 1 N–H and O–H groups in total. The van der Waals surface area contributed by atoms with Crippen molar-refractivity contribution in [2.75, 3.05) is 6.54 Å². The molecule has 2 aromatic rings. The van der Waals surface area contributed by atoms with Gasteiger partial charge in [-0.25, -0.2) is 0 Å². The molecule has 2 aromatic carbocycles. The highest BCUT2D eigenvalue weighted by molar-refractivity contribution is 5.76. The van der Waals surface area contributed by atoms with E-state index in [9.17, 15) is 4.79 Å². The molecule has 2 nitrogen and oxygen atoms in total. The first-order chi connectivity index (χ1) is 10.6. The van der Waals surface area contributed by atoms with E-state index < -0.39 is 0 Å². The molecular formula is C20H25NO. The van der Waals surface area contributed by atoms with E-state index in [-0.39, 0.29) is 5.91 Å². The summed E-state index contributed by atoms with van der Waals surface area (Å²) in [6.45, 7) is 7.05. The van der Waals surface area contributed by atoms with Crippen molar-refractivity contribution in [3.05, 3.63) is 70.8 Å². The van der Waals surface area contributed by atoms with E-state index in [0.29, 0.717) is 18.9 Å². The smallest absolute Gasteiger partial charge is 0.220 e. The van der Waals surface area contributed by atoms with Crippen molar-refractivity contribution in [3.8, 4) is 0 Å². The van der Waals surface area contributed by atoms with Gasteiger partial charge < -0.3 is 5.32 Å². The normalized spacial score (nSPS) is 12.0. The Morgan fingerprint density at radius 1 is 1.05 bits per heavy atom. The van der Waals surface area contributed by atoms with Gasteiger partial charge in [-0.3, -0.25) is 4.79 Å². The predicted octanol–water partition coefficient (Wildman–Crippen LogP) is 4.16. The molecule has 0 aliphatic rings. The van der Waals surface area contributed by atoms with Crippen molar-refractivity contribution in [2.45, 2.75) is 39.5 Å². The molecule has 0 fully saturated rings. The minimum Gasteiger partial charge on any atom is -0.355 e. The third-order valence-corrected chi connectivity index (χ3v) is 4.19. The SMILES string of the molecule is Cc1ccc(CCC(=O)NC[C@H](C)c2ccccc2)cc1C. The molecule has 1 atom stereocenters. The van der Waals surface area contributed by atoms with Gasteiger partial charge in [0, 0.05) is 13.0 Å². The van der Waals surface area contributed by atoms with Gasteiger partial charge in [-0.05, 0) is 48.4 Å². The van der Waals surface area contributed by atoms with Gasteiger partial charge in [-0.15, -0.1) is 0 Å². The van der Waals surface area contributed by atoms with Crippen LogP contribution >= 0.6 is 0 Å². The van der Waals surface area contributed by atoms with Crippen LogP contribution in [0.25, 0.3) is 0 Å². The summed E-state index contributed by atoms with van der Waals surface area (Å²) in [5.41, 5.74) is 5.08. The summed E-state index contributed by atoms with van der Waals surface area (Å²) in [6.07, 6.45) is 1.34. The van der Waals surface area contributed by atoms with Crippen LogP contribution in [-0.2, 0) is 11.2 Å². The number of carbonyl (C=O) groups excluding carboxylic acids is 1. The molecule has 0 saturated carbocycles. The summed E-state index contributed by atoms with van der Waals surface area (Å²) in [7, 11) is 0. The second kappa shape index (κ2) is 7.79. The average Bonchev–Trinajstić information content (AvgIpc) is 2.54. The van der Waals surface area contributed by atoms with E-state index in [1.807, 2.05) is 18.2 Å². The Labute approximate surface area is 133 Å². The molecule has 116 valence electrons. The van der Waals surface area contributed by atoms with Gasteiger partial charge in [-0.2, -0.15) is 0 Å². The highest BCUT2D eigenvalue weighted by atomic mass is 16.1. The highest BCUT2D eigenvalue weighted by Crippen LogP contribution is 2.14. The summed E-state index contributed by atoms with van der Waals surface area (Å²) < 4.78 is 0. The van der Waals surface area contributed by atoms with Gasteiger partial charge in [0.25, 0.3) is 0 Å². The van der Waals surface area contributed by atoms with E-state index in [2.05, 4.69) is 56.4 Å². The van der Waals surface area contributed by atoms with E-state index in [1.54, 1.807) is 0 Å². The fourth-order valence-electron chi connectivity index (χ4n) is 2.47. The summed E-state index contributed by atoms with van der Waals surface area (Å²) in [6, 6.07) is 16.7. The van der Waals surface area contributed by atoms with E-state index in [1.165, 1.54) is 22.3 Å². The van der Waals surface area contributed by atoms with Gasteiger partial charge >= 0.3 is 0 Å². The molecule has 0 aromatic heterocycles. The van der Waals surface area contributed by atoms with E-state index in [0.717, 1.165) is 6.42 Å². The third kappa shape index (κ3) is 4.73. The number of carbonyl (C=O) groups is 1. The molecule has 0 spiro atoms. The Morgan fingerprint density at radius 3 is 2.45 bits per heavy atom. The molecule has 0 radical (unpaired) electrons. The number of hydrogen-bond acceptors (Lipinski definition) is 1. The first kappa shape index (κ1) is 16.3. The van der Waals surface area contributed by atoms with Crippen LogP contribution in [0.4, 0.5) is 0 Å². The quantitative estimate of drug-likeness (QED) is 0.852. The monoisotopic (exact) mass is 295 g/mol. The lowest BCUT2D eigenvalue weighted by molar-refractivity contribution is -0.121. The molecule has 2 heteroatoms. The predicted molar refractivity (Wildman–Crippen MR) is 92.1 cm³/mol. The molecule has 0 heterocycles. The number of rotatable bonds is 6. The molecule has 0 aliphatic carbocycles. The molecule has 0 saturated heterocycles. The lowest BCUT2D eigenvalue weighted by Gasteiger charge is -2.13. The van der Waals surface area contributed by atoms with Crippen molar-refractivity contribution in [1.82, 2.24) is 5.32 Å². The van der Waals surface area contributed by atoms with Crippen LogP contribution in [0, 0.1) is 13.8 Å². The van der Waals surface area contributed by atoms with Gasteiger partial charge in [-0.1, -0.05) is 55.5 Å². The minimum atomic E-state index is 0.126.